The van der Waals surface area contributed by atoms with Crippen LogP contribution in [0.1, 0.15) is 30.0 Å². The Balaban J connectivity index is 1.50. The number of aryl methyl sites for hydroxylation is 1. The smallest absolute Gasteiger partial charge is 0.336 e. The highest BCUT2D eigenvalue weighted by atomic mass is 35.5. The molecular formula is C24H21ClN2O6. The average molecular weight is 469 g/mol. The molecule has 0 aliphatic carbocycles. The summed E-state index contributed by atoms with van der Waals surface area (Å²) in [5, 5.41) is 3.84. The van der Waals surface area contributed by atoms with Crippen molar-refractivity contribution in [1.29, 1.82) is 0 Å². The highest BCUT2D eigenvalue weighted by Crippen LogP contribution is 2.37. The van der Waals surface area contributed by atoms with Crippen molar-refractivity contribution in [3.05, 3.63) is 68.5 Å². The zero-order chi connectivity index (χ0) is 23.3. The minimum atomic E-state index is -1.30. The van der Waals surface area contributed by atoms with E-state index >= 15 is 0 Å². The first kappa shape index (κ1) is 21.3. The van der Waals surface area contributed by atoms with E-state index in [4.69, 9.17) is 25.5 Å². The van der Waals surface area contributed by atoms with Gasteiger partial charge in [-0.1, -0.05) is 17.7 Å². The molecule has 1 saturated heterocycles. The first-order valence-electron chi connectivity index (χ1n) is 10.5. The van der Waals surface area contributed by atoms with Crippen LogP contribution in [-0.4, -0.2) is 30.1 Å². The molecule has 0 bridgehead atoms. The molecule has 9 heteroatoms. The number of nitrogens with zero attached hydrogens (tertiary/aromatic N) is 1. The zero-order valence-electron chi connectivity index (χ0n) is 18.1. The van der Waals surface area contributed by atoms with Crippen molar-refractivity contribution < 1.29 is 23.5 Å². The van der Waals surface area contributed by atoms with Crippen molar-refractivity contribution in [1.82, 2.24) is 10.2 Å². The Morgan fingerprint density at radius 3 is 2.61 bits per heavy atom. The predicted octanol–water partition coefficient (Wildman–Crippen LogP) is 3.88. The predicted molar refractivity (Wildman–Crippen MR) is 121 cm³/mol. The molecule has 1 unspecified atom stereocenters. The number of amides is 3. The number of carbonyl (C=O) groups is 2. The maximum Gasteiger partial charge on any atom is 0.336 e. The molecule has 1 fully saturated rings. The molecule has 0 radical (unpaired) electrons. The first-order chi connectivity index (χ1) is 15.8. The van der Waals surface area contributed by atoms with E-state index in [0.29, 0.717) is 51.8 Å². The van der Waals surface area contributed by atoms with Crippen LogP contribution in [-0.2, 0) is 16.9 Å². The third-order valence-electron chi connectivity index (χ3n) is 6.04. The van der Waals surface area contributed by atoms with E-state index in [2.05, 4.69) is 5.32 Å². The standard InChI is InChI=1S/C24H21ClN2O6/c1-13-8-19-16(11-17(13)25)14(9-21(28)33-19)12-27-22(29)24(2,26-23(27)30)15-4-5-18-20(10-15)32-7-3-6-31-18/h4-5,8-11H,3,6-7,12H2,1-2H3,(H,26,30). The summed E-state index contributed by atoms with van der Waals surface area (Å²) in [7, 11) is 0. The lowest BCUT2D eigenvalue weighted by atomic mass is 9.91. The fourth-order valence-electron chi connectivity index (χ4n) is 4.16. The van der Waals surface area contributed by atoms with E-state index in [-0.39, 0.29) is 6.54 Å². The number of nitrogens with one attached hydrogen (secondary N) is 1. The largest absolute Gasteiger partial charge is 0.490 e. The van der Waals surface area contributed by atoms with Crippen molar-refractivity contribution in [2.24, 2.45) is 0 Å². The third-order valence-corrected chi connectivity index (χ3v) is 6.44. The van der Waals surface area contributed by atoms with E-state index < -0.39 is 23.1 Å². The second-order valence-corrected chi connectivity index (χ2v) is 8.75. The number of fused-ring (bicyclic) bond motifs is 2. The number of hydrogen-bond acceptors (Lipinski definition) is 6. The highest BCUT2D eigenvalue weighted by Gasteiger charge is 2.49. The maximum atomic E-state index is 13.5. The SMILES string of the molecule is Cc1cc2oc(=O)cc(CN3C(=O)NC(C)(c4ccc5c(c4)OCCCO5)C3=O)c2cc1Cl. The van der Waals surface area contributed by atoms with Gasteiger partial charge in [0.1, 0.15) is 11.1 Å². The molecule has 1 N–H and O–H groups in total. The van der Waals surface area contributed by atoms with Crippen molar-refractivity contribution in [2.45, 2.75) is 32.4 Å². The summed E-state index contributed by atoms with van der Waals surface area (Å²) in [5.41, 5.74) is 0.263. The number of urea groups is 1. The molecule has 2 aromatic carbocycles. The number of ether oxygens (including phenoxy) is 2. The van der Waals surface area contributed by atoms with Gasteiger partial charge in [0, 0.05) is 22.9 Å². The maximum absolute atomic E-state index is 13.5. The average Bonchev–Trinajstić information content (AvgIpc) is 2.93. The molecule has 2 aliphatic rings. The Morgan fingerprint density at radius 1 is 1.06 bits per heavy atom. The fraction of sp³-hybridized carbons (Fsp3) is 0.292. The van der Waals surface area contributed by atoms with Gasteiger partial charge < -0.3 is 19.2 Å². The van der Waals surface area contributed by atoms with Gasteiger partial charge >= 0.3 is 11.7 Å². The Hall–Kier alpha value is -3.52. The lowest BCUT2D eigenvalue weighted by Crippen LogP contribution is -2.40. The molecule has 1 atom stereocenters. The van der Waals surface area contributed by atoms with E-state index in [0.717, 1.165) is 16.9 Å². The zero-order valence-corrected chi connectivity index (χ0v) is 18.8. The number of carbonyl (C=O) groups excluding carboxylic acids is 2. The summed E-state index contributed by atoms with van der Waals surface area (Å²) in [6.45, 7) is 4.39. The van der Waals surface area contributed by atoms with Gasteiger partial charge in [-0.05, 0) is 54.8 Å². The minimum Gasteiger partial charge on any atom is -0.490 e. The van der Waals surface area contributed by atoms with Crippen LogP contribution in [0, 0.1) is 6.92 Å². The fourth-order valence-corrected chi connectivity index (χ4v) is 4.32. The summed E-state index contributed by atoms with van der Waals surface area (Å²) < 4.78 is 16.7. The quantitative estimate of drug-likeness (QED) is 0.462. The van der Waals surface area contributed by atoms with E-state index in [1.54, 1.807) is 44.2 Å². The number of halogens is 1. The summed E-state index contributed by atoms with van der Waals surface area (Å²) in [6, 6.07) is 9.25. The molecule has 5 rings (SSSR count). The topological polar surface area (TPSA) is 98.1 Å². The van der Waals surface area contributed by atoms with Crippen LogP contribution in [0.3, 0.4) is 0 Å². The van der Waals surface area contributed by atoms with Gasteiger partial charge in [0.2, 0.25) is 0 Å². The van der Waals surface area contributed by atoms with E-state index in [9.17, 15) is 14.4 Å². The number of benzene rings is 2. The molecule has 8 nitrogen and oxygen atoms in total. The lowest BCUT2D eigenvalue weighted by Gasteiger charge is -2.23. The summed E-state index contributed by atoms with van der Waals surface area (Å²) in [4.78, 5) is 39.5. The first-order valence-corrected chi connectivity index (χ1v) is 10.9. The molecule has 0 saturated carbocycles. The van der Waals surface area contributed by atoms with Gasteiger partial charge in [0.25, 0.3) is 5.91 Å². The van der Waals surface area contributed by atoms with Crippen molar-refractivity contribution >= 4 is 34.5 Å². The van der Waals surface area contributed by atoms with E-state index in [1.165, 1.54) is 6.07 Å². The summed E-state index contributed by atoms with van der Waals surface area (Å²) in [5.74, 6) is 0.688. The van der Waals surface area contributed by atoms with Gasteiger partial charge in [-0.3, -0.25) is 9.69 Å². The number of imide groups is 1. The number of hydrogen-bond donors (Lipinski definition) is 1. The van der Waals surface area contributed by atoms with Crippen LogP contribution < -0.4 is 20.4 Å². The van der Waals surface area contributed by atoms with Crippen molar-refractivity contribution in [3.8, 4) is 11.5 Å². The molecule has 33 heavy (non-hydrogen) atoms. The Kier molecular flexibility index (Phi) is 5.05. The monoisotopic (exact) mass is 468 g/mol. The Labute approximate surface area is 194 Å². The molecule has 2 aliphatic heterocycles. The highest BCUT2D eigenvalue weighted by molar-refractivity contribution is 6.32. The van der Waals surface area contributed by atoms with Gasteiger partial charge in [-0.15, -0.1) is 0 Å². The van der Waals surface area contributed by atoms with Crippen LogP contribution in [0.2, 0.25) is 5.02 Å². The van der Waals surface area contributed by atoms with E-state index in [1.807, 2.05) is 0 Å². The number of rotatable bonds is 3. The van der Waals surface area contributed by atoms with Crippen LogP contribution >= 0.6 is 11.6 Å². The second kappa shape index (κ2) is 7.81. The van der Waals surface area contributed by atoms with Crippen LogP contribution in [0.15, 0.2) is 45.6 Å². The van der Waals surface area contributed by atoms with Crippen molar-refractivity contribution in [2.75, 3.05) is 13.2 Å². The summed E-state index contributed by atoms with van der Waals surface area (Å²) >= 11 is 6.27. The molecule has 0 spiro atoms. The molecular weight excluding hydrogens is 448 g/mol. The summed E-state index contributed by atoms with van der Waals surface area (Å²) in [6.07, 6.45) is 0.757. The van der Waals surface area contributed by atoms with Crippen LogP contribution in [0.25, 0.3) is 11.0 Å². The van der Waals surface area contributed by atoms with Crippen molar-refractivity contribution in [3.63, 3.8) is 0 Å². The van der Waals surface area contributed by atoms with Gasteiger partial charge in [0.05, 0.1) is 19.8 Å². The van der Waals surface area contributed by atoms with Gasteiger partial charge in [-0.2, -0.15) is 0 Å². The molecule has 170 valence electrons. The Morgan fingerprint density at radius 2 is 1.82 bits per heavy atom. The van der Waals surface area contributed by atoms with Gasteiger partial charge in [-0.25, -0.2) is 9.59 Å². The van der Waals surface area contributed by atoms with Crippen LogP contribution in [0.5, 0.6) is 11.5 Å². The minimum absolute atomic E-state index is 0.105. The molecule has 1 aromatic heterocycles. The second-order valence-electron chi connectivity index (χ2n) is 8.35. The third kappa shape index (κ3) is 3.60. The van der Waals surface area contributed by atoms with Crippen LogP contribution in [0.4, 0.5) is 4.79 Å². The molecule has 3 aromatic rings. The molecule has 3 amide bonds. The lowest BCUT2D eigenvalue weighted by molar-refractivity contribution is -0.131. The molecule has 3 heterocycles. The normalized spacial score (nSPS) is 20.2. The Bertz CT molecular complexity index is 1370. The van der Waals surface area contributed by atoms with Gasteiger partial charge in [0.15, 0.2) is 11.5 Å².